The molecule has 0 aliphatic heterocycles. The van der Waals surface area contributed by atoms with Crippen LogP contribution >= 0.6 is 11.3 Å². The van der Waals surface area contributed by atoms with Crippen LogP contribution in [-0.4, -0.2) is 15.7 Å². The zero-order valence-electron chi connectivity index (χ0n) is 14.1. The number of aryl methyl sites for hydroxylation is 1. The lowest BCUT2D eigenvalue weighted by atomic mass is 10.0. The molecule has 3 rings (SSSR count). The average Bonchev–Trinajstić information content (AvgIpc) is 3.22. The summed E-state index contributed by atoms with van der Waals surface area (Å²) in [7, 11) is 0. The highest BCUT2D eigenvalue weighted by Crippen LogP contribution is 2.26. The zero-order chi connectivity index (χ0) is 17.1. The molecule has 1 amide bonds. The Balaban J connectivity index is 1.83. The molecule has 4 nitrogen and oxygen atoms in total. The van der Waals surface area contributed by atoms with Crippen LogP contribution in [-0.2, 0) is 0 Å². The first-order valence-corrected chi connectivity index (χ1v) is 8.90. The maximum absolute atomic E-state index is 12.7. The van der Waals surface area contributed by atoms with Gasteiger partial charge < -0.3 is 5.32 Å². The predicted octanol–water partition coefficient (Wildman–Crippen LogP) is 4.37. The highest BCUT2D eigenvalue weighted by molar-refractivity contribution is 7.10. The Morgan fingerprint density at radius 2 is 1.92 bits per heavy atom. The van der Waals surface area contributed by atoms with Gasteiger partial charge in [0.1, 0.15) is 0 Å². The van der Waals surface area contributed by atoms with Crippen LogP contribution in [0, 0.1) is 12.8 Å². The number of carbonyl (C=O) groups is 1. The summed E-state index contributed by atoms with van der Waals surface area (Å²) in [5.41, 5.74) is 2.33. The van der Waals surface area contributed by atoms with Crippen molar-refractivity contribution in [3.63, 3.8) is 0 Å². The van der Waals surface area contributed by atoms with Crippen LogP contribution in [0.3, 0.4) is 0 Å². The van der Waals surface area contributed by atoms with E-state index in [0.29, 0.717) is 11.6 Å². The number of nitrogens with zero attached hydrogens (tertiary/aromatic N) is 2. The molecule has 2 aromatic heterocycles. The molecule has 124 valence electrons. The number of carbonyl (C=O) groups excluding carboxylic acids is 1. The summed E-state index contributed by atoms with van der Waals surface area (Å²) in [6.07, 6.45) is 0. The molecule has 5 heteroatoms. The Kier molecular flexibility index (Phi) is 4.81. The van der Waals surface area contributed by atoms with E-state index in [4.69, 9.17) is 0 Å². The van der Waals surface area contributed by atoms with Gasteiger partial charge in [-0.25, -0.2) is 4.68 Å². The average molecular weight is 339 g/mol. The summed E-state index contributed by atoms with van der Waals surface area (Å²) in [4.78, 5) is 13.8. The molecule has 0 saturated heterocycles. The highest BCUT2D eigenvalue weighted by atomic mass is 32.1. The first-order chi connectivity index (χ1) is 11.6. The number of hydrogen-bond donors (Lipinski definition) is 1. The van der Waals surface area contributed by atoms with Gasteiger partial charge in [-0.15, -0.1) is 11.3 Å². The monoisotopic (exact) mass is 339 g/mol. The number of amides is 1. The van der Waals surface area contributed by atoms with E-state index in [9.17, 15) is 4.79 Å². The van der Waals surface area contributed by atoms with Crippen molar-refractivity contribution in [1.29, 1.82) is 0 Å². The minimum atomic E-state index is -0.139. The summed E-state index contributed by atoms with van der Waals surface area (Å²) >= 11 is 1.66. The van der Waals surface area contributed by atoms with E-state index in [-0.39, 0.29) is 11.9 Å². The smallest absolute Gasteiger partial charge is 0.272 e. The van der Waals surface area contributed by atoms with E-state index in [2.05, 4.69) is 30.3 Å². The van der Waals surface area contributed by atoms with E-state index in [0.717, 1.165) is 16.3 Å². The number of benzene rings is 1. The Bertz CT molecular complexity index is 807. The second kappa shape index (κ2) is 7.01. The minimum Gasteiger partial charge on any atom is -0.343 e. The molecule has 1 N–H and O–H groups in total. The molecular formula is C19H21N3OS. The van der Waals surface area contributed by atoms with E-state index >= 15 is 0 Å². The molecule has 24 heavy (non-hydrogen) atoms. The zero-order valence-corrected chi connectivity index (χ0v) is 14.9. The molecule has 1 unspecified atom stereocenters. The van der Waals surface area contributed by atoms with Crippen LogP contribution in [0.1, 0.15) is 40.9 Å². The Hall–Kier alpha value is -2.40. The third kappa shape index (κ3) is 3.41. The van der Waals surface area contributed by atoms with Crippen LogP contribution in [0.5, 0.6) is 0 Å². The van der Waals surface area contributed by atoms with Gasteiger partial charge >= 0.3 is 0 Å². The lowest BCUT2D eigenvalue weighted by molar-refractivity contribution is 0.0921. The van der Waals surface area contributed by atoms with Crippen LogP contribution in [0.2, 0.25) is 0 Å². The molecule has 1 aromatic carbocycles. The van der Waals surface area contributed by atoms with Crippen molar-refractivity contribution in [2.24, 2.45) is 5.92 Å². The second-order valence-electron chi connectivity index (χ2n) is 6.13. The number of para-hydroxylation sites is 1. The van der Waals surface area contributed by atoms with E-state index < -0.39 is 0 Å². The predicted molar refractivity (Wildman–Crippen MR) is 97.7 cm³/mol. The molecule has 2 heterocycles. The standard InChI is InChI=1S/C19H21N3OS/c1-13(2)18(17-10-7-11-24-17)20-19(23)16-12-14(3)22(21-16)15-8-5-4-6-9-15/h4-13,18H,1-3H3,(H,20,23). The van der Waals surface area contributed by atoms with Gasteiger partial charge in [0.2, 0.25) is 0 Å². The molecular weight excluding hydrogens is 318 g/mol. The molecule has 0 spiro atoms. The van der Waals surface area contributed by atoms with Crippen LogP contribution < -0.4 is 5.32 Å². The topological polar surface area (TPSA) is 46.9 Å². The normalized spacial score (nSPS) is 12.3. The van der Waals surface area contributed by atoms with Crippen molar-refractivity contribution in [2.75, 3.05) is 0 Å². The molecule has 0 fully saturated rings. The van der Waals surface area contributed by atoms with Gasteiger partial charge in [0.15, 0.2) is 5.69 Å². The maximum Gasteiger partial charge on any atom is 0.272 e. The Morgan fingerprint density at radius 1 is 1.17 bits per heavy atom. The van der Waals surface area contributed by atoms with E-state index in [1.54, 1.807) is 16.0 Å². The van der Waals surface area contributed by atoms with Gasteiger partial charge in [-0.05, 0) is 42.5 Å². The lowest BCUT2D eigenvalue weighted by Gasteiger charge is -2.20. The molecule has 0 bridgehead atoms. The third-order valence-electron chi connectivity index (χ3n) is 3.92. The third-order valence-corrected chi connectivity index (χ3v) is 4.88. The van der Waals surface area contributed by atoms with Crippen molar-refractivity contribution < 1.29 is 4.79 Å². The molecule has 1 atom stereocenters. The van der Waals surface area contributed by atoms with Gasteiger partial charge in [0, 0.05) is 10.6 Å². The fourth-order valence-electron chi connectivity index (χ4n) is 2.67. The number of hydrogen-bond acceptors (Lipinski definition) is 3. The number of nitrogens with one attached hydrogen (secondary N) is 1. The fourth-order valence-corrected chi connectivity index (χ4v) is 3.61. The van der Waals surface area contributed by atoms with Crippen molar-refractivity contribution in [2.45, 2.75) is 26.8 Å². The summed E-state index contributed by atoms with van der Waals surface area (Å²) in [5, 5.41) is 9.64. The first-order valence-electron chi connectivity index (χ1n) is 8.02. The second-order valence-corrected chi connectivity index (χ2v) is 7.11. The van der Waals surface area contributed by atoms with Gasteiger partial charge in [-0.3, -0.25) is 4.79 Å². The van der Waals surface area contributed by atoms with Crippen LogP contribution in [0.25, 0.3) is 5.69 Å². The first kappa shape index (κ1) is 16.5. The highest BCUT2D eigenvalue weighted by Gasteiger charge is 2.22. The van der Waals surface area contributed by atoms with Crippen molar-refractivity contribution in [3.8, 4) is 5.69 Å². The van der Waals surface area contributed by atoms with Gasteiger partial charge in [0.05, 0.1) is 11.7 Å². The van der Waals surface area contributed by atoms with E-state index in [1.807, 2.05) is 54.8 Å². The summed E-state index contributed by atoms with van der Waals surface area (Å²) in [6, 6.07) is 15.7. The SMILES string of the molecule is Cc1cc(C(=O)NC(c2cccs2)C(C)C)nn1-c1ccccc1. The summed E-state index contributed by atoms with van der Waals surface area (Å²) < 4.78 is 1.80. The van der Waals surface area contributed by atoms with E-state index in [1.165, 1.54) is 0 Å². The Labute approximate surface area is 146 Å². The van der Waals surface area contributed by atoms with Crippen LogP contribution in [0.4, 0.5) is 0 Å². The van der Waals surface area contributed by atoms with Crippen molar-refractivity contribution >= 4 is 17.2 Å². The van der Waals surface area contributed by atoms with Crippen LogP contribution in [0.15, 0.2) is 53.9 Å². The fraction of sp³-hybridized carbons (Fsp3) is 0.263. The van der Waals surface area contributed by atoms with Crippen molar-refractivity contribution in [1.82, 2.24) is 15.1 Å². The summed E-state index contributed by atoms with van der Waals surface area (Å²) in [5.74, 6) is 0.171. The molecule has 0 radical (unpaired) electrons. The minimum absolute atomic E-state index is 0.000295. The number of aromatic nitrogens is 2. The quantitative estimate of drug-likeness (QED) is 0.750. The van der Waals surface area contributed by atoms with Gasteiger partial charge in [0.25, 0.3) is 5.91 Å². The number of rotatable bonds is 5. The molecule has 0 aliphatic carbocycles. The Morgan fingerprint density at radius 3 is 2.54 bits per heavy atom. The van der Waals surface area contributed by atoms with Gasteiger partial charge in [-0.2, -0.15) is 5.10 Å². The number of thiophene rings is 1. The molecule has 3 aromatic rings. The summed E-state index contributed by atoms with van der Waals surface area (Å²) in [6.45, 7) is 6.17. The molecule has 0 saturated carbocycles. The maximum atomic E-state index is 12.7. The van der Waals surface area contributed by atoms with Gasteiger partial charge in [-0.1, -0.05) is 38.1 Å². The lowest BCUT2D eigenvalue weighted by Crippen LogP contribution is -2.31. The van der Waals surface area contributed by atoms with Crippen molar-refractivity contribution in [3.05, 3.63) is 70.2 Å². The largest absolute Gasteiger partial charge is 0.343 e. The molecule has 0 aliphatic rings.